The normalized spacial score (nSPS) is 15.3. The molecule has 130 valence electrons. The summed E-state index contributed by atoms with van der Waals surface area (Å²) in [6.45, 7) is 4.35. The van der Waals surface area contributed by atoms with Crippen LogP contribution in [0.25, 0.3) is 0 Å². The summed E-state index contributed by atoms with van der Waals surface area (Å²) < 4.78 is 1.71. The number of anilines is 1. The van der Waals surface area contributed by atoms with Crippen LogP contribution in [0.5, 0.6) is 0 Å². The van der Waals surface area contributed by atoms with E-state index in [4.69, 9.17) is 0 Å². The van der Waals surface area contributed by atoms with Crippen molar-refractivity contribution in [3.8, 4) is 0 Å². The number of aryl methyl sites for hydroxylation is 1. The zero-order valence-electron chi connectivity index (χ0n) is 14.6. The summed E-state index contributed by atoms with van der Waals surface area (Å²) >= 11 is 0. The van der Waals surface area contributed by atoms with Gasteiger partial charge in [-0.25, -0.2) is 4.79 Å². The van der Waals surface area contributed by atoms with E-state index >= 15 is 0 Å². The van der Waals surface area contributed by atoms with Crippen molar-refractivity contribution in [2.24, 2.45) is 7.05 Å². The van der Waals surface area contributed by atoms with E-state index in [1.54, 1.807) is 4.68 Å². The largest absolute Gasteiger partial charge is 0.388 e. The van der Waals surface area contributed by atoms with Crippen molar-refractivity contribution in [3.63, 3.8) is 0 Å². The third-order valence-corrected chi connectivity index (χ3v) is 4.67. The van der Waals surface area contributed by atoms with Gasteiger partial charge in [0.15, 0.2) is 0 Å². The quantitative estimate of drug-likeness (QED) is 0.688. The molecular formula is C17H30N4O2. The molecular weight excluding hydrogens is 292 g/mol. The van der Waals surface area contributed by atoms with Gasteiger partial charge in [0.1, 0.15) is 5.82 Å². The van der Waals surface area contributed by atoms with E-state index in [2.05, 4.69) is 15.7 Å². The molecule has 6 heteroatoms. The van der Waals surface area contributed by atoms with Gasteiger partial charge in [0.2, 0.25) is 0 Å². The fourth-order valence-electron chi connectivity index (χ4n) is 3.15. The van der Waals surface area contributed by atoms with E-state index in [1.165, 1.54) is 19.3 Å². The molecule has 0 atom stereocenters. The first-order valence-electron chi connectivity index (χ1n) is 8.78. The van der Waals surface area contributed by atoms with E-state index in [0.717, 1.165) is 18.5 Å². The second-order valence-corrected chi connectivity index (χ2v) is 6.74. The van der Waals surface area contributed by atoms with Crippen molar-refractivity contribution >= 4 is 11.8 Å². The van der Waals surface area contributed by atoms with Gasteiger partial charge in [-0.2, -0.15) is 5.10 Å². The molecule has 0 spiro atoms. The van der Waals surface area contributed by atoms with Crippen molar-refractivity contribution in [1.29, 1.82) is 0 Å². The van der Waals surface area contributed by atoms with Crippen LogP contribution in [0.4, 0.5) is 10.6 Å². The lowest BCUT2D eigenvalue weighted by molar-refractivity contribution is 0.0245. The molecule has 0 aliphatic heterocycles. The Hall–Kier alpha value is -1.56. The number of nitrogens with one attached hydrogen (secondary N) is 2. The van der Waals surface area contributed by atoms with E-state index in [-0.39, 0.29) is 12.6 Å². The van der Waals surface area contributed by atoms with Crippen LogP contribution in [-0.4, -0.2) is 33.1 Å². The summed E-state index contributed by atoms with van der Waals surface area (Å²) in [7, 11) is 1.84. The lowest BCUT2D eigenvalue weighted by atomic mass is 9.83. The maximum atomic E-state index is 12.1. The number of hydrogen-bond donors (Lipinski definition) is 3. The second kappa shape index (κ2) is 7.81. The molecule has 1 aliphatic rings. The number of amides is 2. The van der Waals surface area contributed by atoms with Crippen LogP contribution in [0.15, 0.2) is 6.07 Å². The number of urea groups is 1. The highest BCUT2D eigenvalue weighted by molar-refractivity contribution is 5.88. The molecule has 0 saturated heterocycles. The topological polar surface area (TPSA) is 79.2 Å². The maximum absolute atomic E-state index is 12.1. The average molecular weight is 322 g/mol. The third-order valence-electron chi connectivity index (χ3n) is 4.67. The molecule has 0 radical (unpaired) electrons. The van der Waals surface area contributed by atoms with Crippen LogP contribution < -0.4 is 10.6 Å². The molecule has 0 aromatic carbocycles. The summed E-state index contributed by atoms with van der Waals surface area (Å²) in [6, 6.07) is 1.66. The summed E-state index contributed by atoms with van der Waals surface area (Å²) in [6.07, 6.45) is 6.81. The van der Waals surface area contributed by atoms with Gasteiger partial charge in [-0.3, -0.25) is 10.00 Å². The van der Waals surface area contributed by atoms with Crippen LogP contribution in [0.1, 0.15) is 70.4 Å². The lowest BCUT2D eigenvalue weighted by Gasteiger charge is -2.27. The predicted molar refractivity (Wildman–Crippen MR) is 91.6 cm³/mol. The number of carbonyl (C=O) groups excluding carboxylic acids is 1. The van der Waals surface area contributed by atoms with Gasteiger partial charge in [0.05, 0.1) is 11.3 Å². The first-order chi connectivity index (χ1) is 11.0. The second-order valence-electron chi connectivity index (χ2n) is 6.74. The Bertz CT molecular complexity index is 517. The lowest BCUT2D eigenvalue weighted by Crippen LogP contribution is -2.44. The molecule has 0 bridgehead atoms. The Kier molecular flexibility index (Phi) is 6.04. The van der Waals surface area contributed by atoms with Crippen molar-refractivity contribution in [1.82, 2.24) is 15.1 Å². The number of aromatic nitrogens is 2. The van der Waals surface area contributed by atoms with Crippen LogP contribution in [0.3, 0.4) is 0 Å². The smallest absolute Gasteiger partial charge is 0.320 e. The van der Waals surface area contributed by atoms with Gasteiger partial charge >= 0.3 is 6.03 Å². The zero-order chi connectivity index (χ0) is 16.9. The van der Waals surface area contributed by atoms with E-state index in [0.29, 0.717) is 24.6 Å². The number of aliphatic hydroxyl groups is 1. The standard InChI is InChI=1S/C17H30N4O2/c1-4-9-17(23,10-5-2)12-18-16(22)19-15-11-14(20-21(15)3)13-7-6-8-13/h11,13,23H,4-10,12H2,1-3H3,(H2,18,19,22). The first-order valence-corrected chi connectivity index (χ1v) is 8.78. The van der Waals surface area contributed by atoms with Crippen LogP contribution >= 0.6 is 0 Å². The van der Waals surface area contributed by atoms with E-state index in [9.17, 15) is 9.90 Å². The van der Waals surface area contributed by atoms with Gasteiger partial charge in [-0.15, -0.1) is 0 Å². The SMILES string of the molecule is CCCC(O)(CCC)CNC(=O)Nc1cc(C2CCC2)nn1C. The van der Waals surface area contributed by atoms with Crippen LogP contribution in [0.2, 0.25) is 0 Å². The molecule has 1 heterocycles. The van der Waals surface area contributed by atoms with Crippen LogP contribution in [-0.2, 0) is 7.05 Å². The van der Waals surface area contributed by atoms with Crippen LogP contribution in [0, 0.1) is 0 Å². The van der Waals surface area contributed by atoms with Gasteiger partial charge in [0, 0.05) is 25.6 Å². The first kappa shape index (κ1) is 17.8. The molecule has 1 aliphatic carbocycles. The molecule has 3 N–H and O–H groups in total. The third kappa shape index (κ3) is 4.70. The summed E-state index contributed by atoms with van der Waals surface area (Å²) in [5.74, 6) is 1.23. The summed E-state index contributed by atoms with van der Waals surface area (Å²) in [5, 5.41) is 20.6. The molecule has 23 heavy (non-hydrogen) atoms. The van der Waals surface area contributed by atoms with Gasteiger partial charge in [-0.1, -0.05) is 33.1 Å². The maximum Gasteiger partial charge on any atom is 0.320 e. The minimum Gasteiger partial charge on any atom is -0.388 e. The zero-order valence-corrected chi connectivity index (χ0v) is 14.6. The summed E-state index contributed by atoms with van der Waals surface area (Å²) in [4.78, 5) is 12.1. The molecule has 1 aromatic rings. The Morgan fingerprint density at radius 2 is 2.04 bits per heavy atom. The minimum atomic E-state index is -0.815. The Labute approximate surface area is 138 Å². The highest BCUT2D eigenvalue weighted by Crippen LogP contribution is 2.36. The Morgan fingerprint density at radius 1 is 1.39 bits per heavy atom. The van der Waals surface area contributed by atoms with Crippen molar-refractivity contribution in [2.75, 3.05) is 11.9 Å². The fourth-order valence-corrected chi connectivity index (χ4v) is 3.15. The van der Waals surface area contributed by atoms with Crippen molar-refractivity contribution < 1.29 is 9.90 Å². The summed E-state index contributed by atoms with van der Waals surface area (Å²) in [5.41, 5.74) is 0.243. The molecule has 1 fully saturated rings. The highest BCUT2D eigenvalue weighted by Gasteiger charge is 2.26. The molecule has 1 aromatic heterocycles. The average Bonchev–Trinajstić information content (AvgIpc) is 2.76. The van der Waals surface area contributed by atoms with Gasteiger partial charge < -0.3 is 10.4 Å². The molecule has 6 nitrogen and oxygen atoms in total. The molecule has 2 amide bonds. The number of carbonyl (C=O) groups is 1. The molecule has 2 rings (SSSR count). The number of hydrogen-bond acceptors (Lipinski definition) is 3. The number of rotatable bonds is 8. The van der Waals surface area contributed by atoms with Crippen molar-refractivity contribution in [3.05, 3.63) is 11.8 Å². The monoisotopic (exact) mass is 322 g/mol. The molecule has 1 saturated carbocycles. The predicted octanol–water partition coefficient (Wildman–Crippen LogP) is 3.14. The van der Waals surface area contributed by atoms with Gasteiger partial charge in [-0.05, 0) is 25.7 Å². The Morgan fingerprint density at radius 3 is 2.57 bits per heavy atom. The van der Waals surface area contributed by atoms with E-state index < -0.39 is 5.60 Å². The molecule has 0 unspecified atom stereocenters. The van der Waals surface area contributed by atoms with Gasteiger partial charge in [0.25, 0.3) is 0 Å². The number of nitrogens with zero attached hydrogens (tertiary/aromatic N) is 2. The van der Waals surface area contributed by atoms with E-state index in [1.807, 2.05) is 27.0 Å². The Balaban J connectivity index is 1.87. The minimum absolute atomic E-state index is 0.272. The van der Waals surface area contributed by atoms with Crippen molar-refractivity contribution in [2.45, 2.75) is 70.3 Å². The highest BCUT2D eigenvalue weighted by atomic mass is 16.3. The fraction of sp³-hybridized carbons (Fsp3) is 0.765.